The summed E-state index contributed by atoms with van der Waals surface area (Å²) in [4.78, 5) is 24.7. The Morgan fingerprint density at radius 2 is 2.10 bits per heavy atom. The second kappa shape index (κ2) is 8.79. The Bertz CT molecular complexity index is 500. The average molecular weight is 290 g/mol. The molecule has 5 nitrogen and oxygen atoms in total. The van der Waals surface area contributed by atoms with E-state index < -0.39 is 0 Å². The highest BCUT2D eigenvalue weighted by atomic mass is 16.5. The van der Waals surface area contributed by atoms with Gasteiger partial charge >= 0.3 is 0 Å². The van der Waals surface area contributed by atoms with Crippen molar-refractivity contribution < 1.29 is 14.3 Å². The molecule has 21 heavy (non-hydrogen) atoms. The number of methoxy groups -OCH3 is 1. The molecule has 5 heteroatoms. The predicted octanol–water partition coefficient (Wildman–Crippen LogP) is 1.74. The van der Waals surface area contributed by atoms with E-state index in [2.05, 4.69) is 11.9 Å². The smallest absolute Gasteiger partial charge is 0.222 e. The number of amides is 2. The van der Waals surface area contributed by atoms with Gasteiger partial charge in [0, 0.05) is 38.5 Å². The standard InChI is InChI=1S/C16H22N2O3/c1-4-10-18(13(2)19)11-9-16(20)17-12-14-7-5-6-8-15(14)21-3/h4-8H,1,9-12H2,2-3H3,(H,17,20). The number of benzene rings is 1. The second-order valence-electron chi connectivity index (χ2n) is 4.59. The first-order chi connectivity index (χ1) is 10.1. The van der Waals surface area contributed by atoms with Crippen molar-refractivity contribution in [1.82, 2.24) is 10.2 Å². The zero-order valence-electron chi connectivity index (χ0n) is 12.6. The first-order valence-electron chi connectivity index (χ1n) is 6.83. The molecular weight excluding hydrogens is 268 g/mol. The zero-order valence-corrected chi connectivity index (χ0v) is 12.6. The molecule has 0 heterocycles. The fourth-order valence-electron chi connectivity index (χ4n) is 1.90. The first-order valence-corrected chi connectivity index (χ1v) is 6.83. The summed E-state index contributed by atoms with van der Waals surface area (Å²) < 4.78 is 5.22. The number of nitrogens with one attached hydrogen (secondary N) is 1. The predicted molar refractivity (Wildman–Crippen MR) is 81.9 cm³/mol. The Kier molecular flexibility index (Phi) is 7.01. The highest BCUT2D eigenvalue weighted by Crippen LogP contribution is 2.16. The van der Waals surface area contributed by atoms with Gasteiger partial charge in [-0.1, -0.05) is 24.3 Å². The summed E-state index contributed by atoms with van der Waals surface area (Å²) in [5.41, 5.74) is 0.919. The van der Waals surface area contributed by atoms with Crippen molar-refractivity contribution in [2.24, 2.45) is 0 Å². The van der Waals surface area contributed by atoms with Gasteiger partial charge in [-0.05, 0) is 6.07 Å². The highest BCUT2D eigenvalue weighted by molar-refractivity contribution is 5.78. The quantitative estimate of drug-likeness (QED) is 0.742. The molecule has 0 aromatic heterocycles. The van der Waals surface area contributed by atoms with Gasteiger partial charge in [0.2, 0.25) is 11.8 Å². The molecule has 1 rings (SSSR count). The number of nitrogens with zero attached hydrogens (tertiary/aromatic N) is 1. The topological polar surface area (TPSA) is 58.6 Å². The Balaban J connectivity index is 2.43. The summed E-state index contributed by atoms with van der Waals surface area (Å²) in [6.07, 6.45) is 1.91. The van der Waals surface area contributed by atoms with E-state index in [0.717, 1.165) is 11.3 Å². The Hall–Kier alpha value is -2.30. The lowest BCUT2D eigenvalue weighted by atomic mass is 10.2. The highest BCUT2D eigenvalue weighted by Gasteiger charge is 2.10. The Morgan fingerprint density at radius 1 is 1.38 bits per heavy atom. The summed E-state index contributed by atoms with van der Waals surface area (Å²) >= 11 is 0. The molecule has 0 fully saturated rings. The van der Waals surface area contributed by atoms with E-state index in [1.165, 1.54) is 6.92 Å². The van der Waals surface area contributed by atoms with Crippen molar-refractivity contribution in [2.45, 2.75) is 19.9 Å². The lowest BCUT2D eigenvalue weighted by molar-refractivity contribution is -0.129. The molecule has 0 radical (unpaired) electrons. The van der Waals surface area contributed by atoms with Crippen LogP contribution >= 0.6 is 0 Å². The third-order valence-electron chi connectivity index (χ3n) is 3.07. The molecule has 1 N–H and O–H groups in total. The third kappa shape index (κ3) is 5.69. The largest absolute Gasteiger partial charge is 0.496 e. The van der Waals surface area contributed by atoms with E-state index in [4.69, 9.17) is 4.74 Å². The van der Waals surface area contributed by atoms with Crippen LogP contribution in [0.15, 0.2) is 36.9 Å². The second-order valence-corrected chi connectivity index (χ2v) is 4.59. The maximum absolute atomic E-state index is 11.8. The Morgan fingerprint density at radius 3 is 2.71 bits per heavy atom. The van der Waals surface area contributed by atoms with Crippen LogP contribution in [0.5, 0.6) is 5.75 Å². The van der Waals surface area contributed by atoms with Crippen LogP contribution in [0.3, 0.4) is 0 Å². The minimum atomic E-state index is -0.101. The molecule has 0 bridgehead atoms. The lowest BCUT2D eigenvalue weighted by Crippen LogP contribution is -2.33. The first kappa shape index (κ1) is 16.8. The van der Waals surface area contributed by atoms with Crippen LogP contribution in [0, 0.1) is 0 Å². The van der Waals surface area contributed by atoms with Gasteiger partial charge in [0.25, 0.3) is 0 Å². The van der Waals surface area contributed by atoms with Crippen LogP contribution in [0.1, 0.15) is 18.9 Å². The van der Waals surface area contributed by atoms with Crippen molar-refractivity contribution in [3.63, 3.8) is 0 Å². The van der Waals surface area contributed by atoms with Gasteiger partial charge in [0.1, 0.15) is 5.75 Å². The van der Waals surface area contributed by atoms with Gasteiger partial charge in [-0.25, -0.2) is 0 Å². The van der Waals surface area contributed by atoms with Crippen molar-refractivity contribution in [1.29, 1.82) is 0 Å². The van der Waals surface area contributed by atoms with Crippen LogP contribution in [0.2, 0.25) is 0 Å². The van der Waals surface area contributed by atoms with Crippen molar-refractivity contribution in [2.75, 3.05) is 20.2 Å². The Labute approximate surface area is 125 Å². The fraction of sp³-hybridized carbons (Fsp3) is 0.375. The zero-order chi connectivity index (χ0) is 15.7. The van der Waals surface area contributed by atoms with Crippen molar-refractivity contribution in [3.8, 4) is 5.75 Å². The summed E-state index contributed by atoms with van der Waals surface area (Å²) in [7, 11) is 1.60. The monoisotopic (exact) mass is 290 g/mol. The molecule has 0 aliphatic rings. The van der Waals surface area contributed by atoms with Gasteiger partial charge in [0.15, 0.2) is 0 Å². The normalized spacial score (nSPS) is 9.81. The molecule has 0 aliphatic heterocycles. The van der Waals surface area contributed by atoms with E-state index in [1.807, 2.05) is 24.3 Å². The summed E-state index contributed by atoms with van der Waals surface area (Å²) in [6, 6.07) is 7.53. The lowest BCUT2D eigenvalue weighted by Gasteiger charge is -2.18. The van der Waals surface area contributed by atoms with E-state index >= 15 is 0 Å². The van der Waals surface area contributed by atoms with E-state index in [0.29, 0.717) is 19.6 Å². The van der Waals surface area contributed by atoms with Crippen molar-refractivity contribution in [3.05, 3.63) is 42.5 Å². The van der Waals surface area contributed by atoms with E-state index in [9.17, 15) is 9.59 Å². The van der Waals surface area contributed by atoms with Gasteiger partial charge in [0.05, 0.1) is 7.11 Å². The molecule has 114 valence electrons. The minimum absolute atomic E-state index is 0.0626. The number of hydrogen-bond donors (Lipinski definition) is 1. The van der Waals surface area contributed by atoms with Crippen molar-refractivity contribution >= 4 is 11.8 Å². The molecule has 0 saturated heterocycles. The fourth-order valence-corrected chi connectivity index (χ4v) is 1.90. The number of carbonyl (C=O) groups excluding carboxylic acids is 2. The van der Waals surface area contributed by atoms with Crippen LogP contribution in [0.25, 0.3) is 0 Å². The van der Waals surface area contributed by atoms with Gasteiger partial charge in [-0.15, -0.1) is 6.58 Å². The summed E-state index contributed by atoms with van der Waals surface area (Å²) in [5.74, 6) is 0.582. The minimum Gasteiger partial charge on any atom is -0.496 e. The molecule has 0 atom stereocenters. The molecule has 0 saturated carbocycles. The molecular formula is C16H22N2O3. The maximum atomic E-state index is 11.8. The van der Waals surface area contributed by atoms with Gasteiger partial charge in [-0.3, -0.25) is 9.59 Å². The third-order valence-corrected chi connectivity index (χ3v) is 3.07. The SMILES string of the molecule is C=CCN(CCC(=O)NCc1ccccc1OC)C(C)=O. The molecule has 0 aliphatic carbocycles. The average Bonchev–Trinajstić information content (AvgIpc) is 2.49. The van der Waals surface area contributed by atoms with Crippen LogP contribution in [0.4, 0.5) is 0 Å². The summed E-state index contributed by atoms with van der Waals surface area (Å²) in [6.45, 7) is 6.33. The number of carbonyl (C=O) groups is 2. The van der Waals surface area contributed by atoms with E-state index in [-0.39, 0.29) is 18.2 Å². The molecule has 0 unspecified atom stereocenters. The van der Waals surface area contributed by atoms with Crippen LogP contribution < -0.4 is 10.1 Å². The number of para-hydroxylation sites is 1. The van der Waals surface area contributed by atoms with Crippen LogP contribution in [-0.2, 0) is 16.1 Å². The molecule has 0 spiro atoms. The number of hydrogen-bond acceptors (Lipinski definition) is 3. The maximum Gasteiger partial charge on any atom is 0.222 e. The number of ether oxygens (including phenoxy) is 1. The molecule has 1 aromatic rings. The van der Waals surface area contributed by atoms with E-state index in [1.54, 1.807) is 18.1 Å². The number of rotatable bonds is 8. The van der Waals surface area contributed by atoms with Gasteiger partial charge in [-0.2, -0.15) is 0 Å². The molecule has 2 amide bonds. The van der Waals surface area contributed by atoms with Gasteiger partial charge < -0.3 is 15.0 Å². The van der Waals surface area contributed by atoms with Crippen LogP contribution in [-0.4, -0.2) is 36.9 Å². The summed E-state index contributed by atoms with van der Waals surface area (Å²) in [5, 5.41) is 2.83. The molecule has 1 aromatic carbocycles.